The molecule has 0 aliphatic rings. The zero-order valence-corrected chi connectivity index (χ0v) is 15.4. The third kappa shape index (κ3) is 3.62. The highest BCUT2D eigenvalue weighted by Crippen LogP contribution is 2.39. The first-order chi connectivity index (χ1) is 12.2. The molecule has 6 nitrogen and oxygen atoms in total. The Morgan fingerprint density at radius 3 is 2.44 bits per heavy atom. The lowest BCUT2D eigenvalue weighted by Crippen LogP contribution is -1.95. The average molecular weight is 379 g/mol. The second kappa shape index (κ2) is 7.58. The predicted octanol–water partition coefficient (Wildman–Crippen LogP) is 4.56. The van der Waals surface area contributed by atoms with Crippen molar-refractivity contribution in [3.05, 3.63) is 40.4 Å². The maximum Gasteiger partial charge on any atom is 0.269 e. The molecule has 0 amide bonds. The van der Waals surface area contributed by atoms with E-state index in [1.54, 1.807) is 50.9 Å². The number of benzene rings is 1. The quantitative estimate of drug-likeness (QED) is 0.626. The molecule has 3 rings (SSSR count). The molecule has 0 N–H and O–H groups in total. The fourth-order valence-corrected chi connectivity index (χ4v) is 3.06. The van der Waals surface area contributed by atoms with E-state index in [-0.39, 0.29) is 5.89 Å². The Morgan fingerprint density at radius 1 is 1.16 bits per heavy atom. The van der Waals surface area contributed by atoms with Crippen LogP contribution in [0.2, 0.25) is 0 Å². The van der Waals surface area contributed by atoms with Crippen LogP contribution in [0, 0.1) is 0 Å². The van der Waals surface area contributed by atoms with Crippen LogP contribution >= 0.6 is 22.9 Å². The van der Waals surface area contributed by atoms with Crippen molar-refractivity contribution >= 4 is 34.0 Å². The minimum Gasteiger partial charge on any atom is -0.493 e. The van der Waals surface area contributed by atoms with Gasteiger partial charge in [0.2, 0.25) is 11.6 Å². The van der Waals surface area contributed by atoms with Gasteiger partial charge in [-0.25, -0.2) is 0 Å². The molecule has 0 aliphatic heterocycles. The zero-order valence-electron chi connectivity index (χ0n) is 13.8. The topological polar surface area (TPSA) is 66.6 Å². The molecule has 0 saturated carbocycles. The maximum atomic E-state index is 6.33. The Kier molecular flexibility index (Phi) is 5.25. The lowest BCUT2D eigenvalue weighted by Gasteiger charge is -2.12. The fraction of sp³-hybridized carbons (Fsp3) is 0.176. The summed E-state index contributed by atoms with van der Waals surface area (Å²) in [6.45, 7) is 0. The molecule has 0 radical (unpaired) electrons. The number of hydrogen-bond acceptors (Lipinski definition) is 7. The van der Waals surface area contributed by atoms with Gasteiger partial charge in [-0.2, -0.15) is 16.3 Å². The van der Waals surface area contributed by atoms with Gasteiger partial charge in [-0.3, -0.25) is 0 Å². The molecule has 2 aromatic heterocycles. The Labute approximate surface area is 153 Å². The molecule has 0 aliphatic carbocycles. The smallest absolute Gasteiger partial charge is 0.269 e. The third-order valence-corrected chi connectivity index (χ3v) is 4.34. The second-order valence-corrected chi connectivity index (χ2v) is 6.07. The monoisotopic (exact) mass is 378 g/mol. The van der Waals surface area contributed by atoms with Crippen molar-refractivity contribution in [1.29, 1.82) is 0 Å². The van der Waals surface area contributed by atoms with Gasteiger partial charge in [-0.1, -0.05) is 16.8 Å². The Hall–Kier alpha value is -2.51. The molecule has 0 bridgehead atoms. The summed E-state index contributed by atoms with van der Waals surface area (Å²) in [6, 6.07) is 5.47. The van der Waals surface area contributed by atoms with Gasteiger partial charge in [0.05, 0.1) is 21.3 Å². The van der Waals surface area contributed by atoms with E-state index in [4.69, 9.17) is 30.3 Å². The summed E-state index contributed by atoms with van der Waals surface area (Å²) in [5, 5.41) is 8.13. The van der Waals surface area contributed by atoms with Crippen molar-refractivity contribution in [2.45, 2.75) is 0 Å². The van der Waals surface area contributed by atoms with Crippen LogP contribution in [0.4, 0.5) is 0 Å². The van der Waals surface area contributed by atoms with Crippen LogP contribution in [0.1, 0.15) is 11.5 Å². The number of aromatic nitrogens is 2. The summed E-state index contributed by atoms with van der Waals surface area (Å²) in [7, 11) is 4.66. The highest BCUT2D eigenvalue weighted by molar-refractivity contribution is 7.08. The zero-order chi connectivity index (χ0) is 17.8. The lowest BCUT2D eigenvalue weighted by molar-refractivity contribution is 0.324. The van der Waals surface area contributed by atoms with Crippen LogP contribution < -0.4 is 14.2 Å². The van der Waals surface area contributed by atoms with E-state index in [0.29, 0.717) is 28.1 Å². The lowest BCUT2D eigenvalue weighted by atomic mass is 10.1. The van der Waals surface area contributed by atoms with Gasteiger partial charge in [-0.15, -0.1) is 0 Å². The van der Waals surface area contributed by atoms with Gasteiger partial charge < -0.3 is 18.7 Å². The first-order valence-corrected chi connectivity index (χ1v) is 8.52. The van der Waals surface area contributed by atoms with Crippen LogP contribution in [0.3, 0.4) is 0 Å². The Bertz CT molecular complexity index is 865. The third-order valence-electron chi connectivity index (χ3n) is 3.39. The second-order valence-electron chi connectivity index (χ2n) is 4.89. The van der Waals surface area contributed by atoms with Crippen molar-refractivity contribution in [3.8, 4) is 28.6 Å². The average Bonchev–Trinajstić information content (AvgIpc) is 3.31. The molecule has 3 aromatic rings. The Morgan fingerprint density at radius 2 is 1.88 bits per heavy atom. The number of methoxy groups -OCH3 is 3. The molecule has 0 unspecified atom stereocenters. The van der Waals surface area contributed by atoms with Crippen molar-refractivity contribution in [2.75, 3.05) is 21.3 Å². The number of hydrogen-bond donors (Lipinski definition) is 0. The molecule has 8 heteroatoms. The SMILES string of the molecule is COc1cc(/C=C(\Cl)c2nc(-c3ccsc3)no2)cc(OC)c1OC. The van der Waals surface area contributed by atoms with Crippen LogP contribution in [-0.4, -0.2) is 31.5 Å². The van der Waals surface area contributed by atoms with Gasteiger partial charge in [0.1, 0.15) is 5.03 Å². The van der Waals surface area contributed by atoms with Gasteiger partial charge >= 0.3 is 0 Å². The van der Waals surface area contributed by atoms with E-state index < -0.39 is 0 Å². The maximum absolute atomic E-state index is 6.33. The number of ether oxygens (including phenoxy) is 3. The van der Waals surface area contributed by atoms with E-state index in [9.17, 15) is 0 Å². The summed E-state index contributed by atoms with van der Waals surface area (Å²) in [5.74, 6) is 2.30. The molecule has 130 valence electrons. The van der Waals surface area contributed by atoms with Crippen molar-refractivity contribution < 1.29 is 18.7 Å². The minimum atomic E-state index is 0.233. The van der Waals surface area contributed by atoms with Crippen LogP contribution in [-0.2, 0) is 0 Å². The minimum absolute atomic E-state index is 0.233. The molecule has 0 saturated heterocycles. The summed E-state index contributed by atoms with van der Waals surface area (Å²) in [4.78, 5) is 4.31. The van der Waals surface area contributed by atoms with Gasteiger partial charge in [0, 0.05) is 10.9 Å². The largest absolute Gasteiger partial charge is 0.493 e. The highest BCUT2D eigenvalue weighted by atomic mass is 35.5. The van der Waals surface area contributed by atoms with Crippen molar-refractivity contribution in [1.82, 2.24) is 10.1 Å². The number of rotatable bonds is 6. The highest BCUT2D eigenvalue weighted by Gasteiger charge is 2.15. The predicted molar refractivity (Wildman–Crippen MR) is 97.4 cm³/mol. The first kappa shape index (κ1) is 17.3. The molecular formula is C17H15ClN2O4S. The summed E-state index contributed by atoms with van der Waals surface area (Å²) in [6.07, 6.45) is 1.69. The van der Waals surface area contributed by atoms with Crippen molar-refractivity contribution in [3.63, 3.8) is 0 Å². The first-order valence-electron chi connectivity index (χ1n) is 7.20. The summed E-state index contributed by atoms with van der Waals surface area (Å²) >= 11 is 7.89. The van der Waals surface area contributed by atoms with E-state index in [0.717, 1.165) is 11.1 Å². The summed E-state index contributed by atoms with van der Waals surface area (Å²) < 4.78 is 21.2. The number of halogens is 1. The van der Waals surface area contributed by atoms with Gasteiger partial charge in [0.15, 0.2) is 11.5 Å². The molecule has 25 heavy (non-hydrogen) atoms. The summed E-state index contributed by atoms with van der Waals surface area (Å²) in [5.41, 5.74) is 1.63. The van der Waals surface area contributed by atoms with E-state index in [2.05, 4.69) is 10.1 Å². The molecule has 2 heterocycles. The Balaban J connectivity index is 1.94. The van der Waals surface area contributed by atoms with Crippen molar-refractivity contribution in [2.24, 2.45) is 0 Å². The fourth-order valence-electron chi connectivity index (χ4n) is 2.22. The molecule has 0 spiro atoms. The van der Waals surface area contributed by atoms with Crippen LogP contribution in [0.15, 0.2) is 33.5 Å². The van der Waals surface area contributed by atoms with Gasteiger partial charge in [-0.05, 0) is 35.2 Å². The van der Waals surface area contributed by atoms with E-state index in [1.165, 1.54) is 0 Å². The van der Waals surface area contributed by atoms with Gasteiger partial charge in [0.25, 0.3) is 5.89 Å². The molecule has 0 fully saturated rings. The normalized spacial score (nSPS) is 11.4. The molecule has 0 atom stereocenters. The number of nitrogens with zero attached hydrogens (tertiary/aromatic N) is 2. The molecule has 1 aromatic carbocycles. The van der Waals surface area contributed by atoms with E-state index >= 15 is 0 Å². The standard InChI is InChI=1S/C17H15ClN2O4S/c1-21-13-7-10(8-14(22-2)15(13)23-3)6-12(18)17-19-16(20-24-17)11-4-5-25-9-11/h4-9H,1-3H3/b12-6-. The van der Waals surface area contributed by atoms with E-state index in [1.807, 2.05) is 16.8 Å². The molecular weight excluding hydrogens is 364 g/mol. The van der Waals surface area contributed by atoms with Crippen LogP contribution in [0.25, 0.3) is 22.5 Å². The number of thiophene rings is 1. The van der Waals surface area contributed by atoms with Crippen LogP contribution in [0.5, 0.6) is 17.2 Å².